The van der Waals surface area contributed by atoms with Gasteiger partial charge in [-0.1, -0.05) is 24.1 Å². The van der Waals surface area contributed by atoms with E-state index in [0.29, 0.717) is 10.9 Å². The fraction of sp³-hybridized carbons (Fsp3) is 0.562. The van der Waals surface area contributed by atoms with Crippen molar-refractivity contribution in [2.24, 2.45) is 5.92 Å². The highest BCUT2D eigenvalue weighted by Crippen LogP contribution is 2.23. The number of benzene rings is 1. The predicted molar refractivity (Wildman–Crippen MR) is 85.7 cm³/mol. The third-order valence-electron chi connectivity index (χ3n) is 3.95. The molecule has 116 valence electrons. The van der Waals surface area contributed by atoms with Gasteiger partial charge in [0, 0.05) is 10.7 Å². The van der Waals surface area contributed by atoms with Gasteiger partial charge in [-0.15, -0.1) is 0 Å². The summed E-state index contributed by atoms with van der Waals surface area (Å²) in [7, 11) is 0. The minimum atomic E-state index is -0.173. The quantitative estimate of drug-likeness (QED) is 0.783. The average molecular weight is 311 g/mol. The number of nitrogens with one attached hydrogen (secondary N) is 2. The van der Waals surface area contributed by atoms with E-state index < -0.39 is 0 Å². The molecular weight excluding hydrogens is 288 g/mol. The Bertz CT molecular complexity index is 493. The van der Waals surface area contributed by atoms with Crippen molar-refractivity contribution in [2.45, 2.75) is 38.7 Å². The summed E-state index contributed by atoms with van der Waals surface area (Å²) in [5, 5.41) is 16.3. The van der Waals surface area contributed by atoms with E-state index in [1.807, 2.05) is 13.0 Å². The smallest absolute Gasteiger partial charge is 0.238 e. The predicted octanol–water partition coefficient (Wildman–Crippen LogP) is 2.73. The van der Waals surface area contributed by atoms with Crippen LogP contribution in [0.15, 0.2) is 18.2 Å². The Kier molecular flexibility index (Phi) is 6.03. The average Bonchev–Trinajstić information content (AvgIpc) is 2.43. The Hall–Kier alpha value is -1.10. The van der Waals surface area contributed by atoms with Gasteiger partial charge in [-0.05, 0) is 56.3 Å². The minimum absolute atomic E-state index is 0.0725. The molecule has 0 aliphatic heterocycles. The van der Waals surface area contributed by atoms with Crippen molar-refractivity contribution in [3.05, 3.63) is 28.8 Å². The van der Waals surface area contributed by atoms with Crippen molar-refractivity contribution >= 4 is 23.2 Å². The first-order valence-corrected chi connectivity index (χ1v) is 7.87. The SMILES string of the molecule is Cc1ccc(Cl)cc1NC(=O)CNCC1CCCC(O)C1. The lowest BCUT2D eigenvalue weighted by atomic mass is 9.87. The molecule has 1 aliphatic carbocycles. The zero-order valence-corrected chi connectivity index (χ0v) is 13.1. The van der Waals surface area contributed by atoms with Crippen molar-refractivity contribution in [1.82, 2.24) is 5.32 Å². The van der Waals surface area contributed by atoms with Gasteiger partial charge in [0.2, 0.25) is 5.91 Å². The zero-order chi connectivity index (χ0) is 15.2. The third kappa shape index (κ3) is 5.30. The number of aliphatic hydroxyl groups is 1. The van der Waals surface area contributed by atoms with Gasteiger partial charge >= 0.3 is 0 Å². The van der Waals surface area contributed by atoms with Crippen LogP contribution >= 0.6 is 11.6 Å². The molecule has 1 aliphatic rings. The molecule has 21 heavy (non-hydrogen) atoms. The summed E-state index contributed by atoms with van der Waals surface area (Å²) in [6, 6.07) is 5.44. The molecule has 0 radical (unpaired) electrons. The third-order valence-corrected chi connectivity index (χ3v) is 4.18. The Morgan fingerprint density at radius 2 is 2.24 bits per heavy atom. The Morgan fingerprint density at radius 1 is 1.43 bits per heavy atom. The lowest BCUT2D eigenvalue weighted by Gasteiger charge is -2.25. The van der Waals surface area contributed by atoms with Gasteiger partial charge in [0.15, 0.2) is 0 Å². The molecule has 0 aromatic heterocycles. The number of hydrogen-bond acceptors (Lipinski definition) is 3. The number of aliphatic hydroxyl groups excluding tert-OH is 1. The normalized spacial score (nSPS) is 22.0. The molecule has 2 atom stereocenters. The molecule has 0 bridgehead atoms. The van der Waals surface area contributed by atoms with E-state index in [1.54, 1.807) is 12.1 Å². The van der Waals surface area contributed by atoms with E-state index >= 15 is 0 Å². The summed E-state index contributed by atoms with van der Waals surface area (Å²) in [5.41, 5.74) is 1.74. The number of anilines is 1. The van der Waals surface area contributed by atoms with Crippen LogP contribution in [0.1, 0.15) is 31.2 Å². The number of hydrogen-bond donors (Lipinski definition) is 3. The van der Waals surface area contributed by atoms with E-state index in [9.17, 15) is 9.90 Å². The Morgan fingerprint density at radius 3 is 3.00 bits per heavy atom. The first kappa shape index (κ1) is 16.3. The van der Waals surface area contributed by atoms with E-state index in [0.717, 1.165) is 43.5 Å². The lowest BCUT2D eigenvalue weighted by Crippen LogP contribution is -2.34. The van der Waals surface area contributed by atoms with Crippen LogP contribution in [0.3, 0.4) is 0 Å². The number of carbonyl (C=O) groups excluding carboxylic acids is 1. The summed E-state index contributed by atoms with van der Waals surface area (Å²) in [6.07, 6.45) is 3.77. The van der Waals surface area contributed by atoms with Crippen molar-refractivity contribution < 1.29 is 9.90 Å². The van der Waals surface area contributed by atoms with Gasteiger partial charge < -0.3 is 15.7 Å². The number of aryl methyl sites for hydroxylation is 1. The highest BCUT2D eigenvalue weighted by atomic mass is 35.5. The molecule has 1 amide bonds. The fourth-order valence-corrected chi connectivity index (χ4v) is 2.93. The molecule has 0 spiro atoms. The number of amides is 1. The second-order valence-electron chi connectivity index (χ2n) is 5.82. The van der Waals surface area contributed by atoms with Gasteiger partial charge in [-0.25, -0.2) is 0 Å². The summed E-state index contributed by atoms with van der Waals surface area (Å²) in [5.74, 6) is 0.395. The highest BCUT2D eigenvalue weighted by molar-refractivity contribution is 6.31. The molecule has 1 saturated carbocycles. The largest absolute Gasteiger partial charge is 0.393 e. The summed E-state index contributed by atoms with van der Waals surface area (Å²) >= 11 is 5.93. The second kappa shape index (κ2) is 7.78. The van der Waals surface area contributed by atoms with E-state index in [1.165, 1.54) is 0 Å². The fourth-order valence-electron chi connectivity index (χ4n) is 2.76. The molecule has 3 N–H and O–H groups in total. The number of rotatable bonds is 5. The van der Waals surface area contributed by atoms with E-state index in [2.05, 4.69) is 10.6 Å². The molecule has 2 rings (SSSR count). The molecule has 1 aromatic rings. The molecule has 1 aromatic carbocycles. The lowest BCUT2D eigenvalue weighted by molar-refractivity contribution is -0.115. The topological polar surface area (TPSA) is 61.4 Å². The van der Waals surface area contributed by atoms with Crippen LogP contribution in [0, 0.1) is 12.8 Å². The van der Waals surface area contributed by atoms with Gasteiger partial charge in [-0.3, -0.25) is 4.79 Å². The summed E-state index contributed by atoms with van der Waals surface area (Å²) in [6.45, 7) is 2.99. The van der Waals surface area contributed by atoms with Crippen LogP contribution in [0.25, 0.3) is 0 Å². The molecular formula is C16H23ClN2O2. The monoisotopic (exact) mass is 310 g/mol. The van der Waals surface area contributed by atoms with Gasteiger partial charge in [0.25, 0.3) is 0 Å². The molecule has 1 fully saturated rings. The first-order chi connectivity index (χ1) is 10.0. The first-order valence-electron chi connectivity index (χ1n) is 7.49. The van der Waals surface area contributed by atoms with Gasteiger partial charge in [-0.2, -0.15) is 0 Å². The highest BCUT2D eigenvalue weighted by Gasteiger charge is 2.19. The van der Waals surface area contributed by atoms with Gasteiger partial charge in [0.1, 0.15) is 0 Å². The second-order valence-corrected chi connectivity index (χ2v) is 6.26. The zero-order valence-electron chi connectivity index (χ0n) is 12.4. The minimum Gasteiger partial charge on any atom is -0.393 e. The molecule has 5 heteroatoms. The number of carbonyl (C=O) groups is 1. The molecule has 4 nitrogen and oxygen atoms in total. The van der Waals surface area contributed by atoms with Crippen molar-refractivity contribution in [3.8, 4) is 0 Å². The van der Waals surface area contributed by atoms with Crippen LogP contribution in [0.4, 0.5) is 5.69 Å². The maximum absolute atomic E-state index is 11.9. The van der Waals surface area contributed by atoms with Crippen molar-refractivity contribution in [3.63, 3.8) is 0 Å². The van der Waals surface area contributed by atoms with Crippen LogP contribution in [0.2, 0.25) is 5.02 Å². The summed E-state index contributed by atoms with van der Waals surface area (Å²) in [4.78, 5) is 11.9. The molecule has 0 heterocycles. The van der Waals surface area contributed by atoms with E-state index in [4.69, 9.17) is 11.6 Å². The van der Waals surface area contributed by atoms with Crippen LogP contribution in [-0.4, -0.2) is 30.2 Å². The standard InChI is InChI=1S/C16H23ClN2O2/c1-11-5-6-13(17)8-15(11)19-16(21)10-18-9-12-3-2-4-14(20)7-12/h5-6,8,12,14,18,20H,2-4,7,9-10H2,1H3,(H,19,21). The van der Waals surface area contributed by atoms with E-state index in [-0.39, 0.29) is 18.6 Å². The Balaban J connectivity index is 1.73. The number of halogens is 1. The van der Waals surface area contributed by atoms with Crippen LogP contribution in [-0.2, 0) is 4.79 Å². The van der Waals surface area contributed by atoms with Crippen LogP contribution < -0.4 is 10.6 Å². The maximum Gasteiger partial charge on any atom is 0.238 e. The molecule has 2 unspecified atom stereocenters. The Labute approximate surface area is 130 Å². The van der Waals surface area contributed by atoms with Crippen molar-refractivity contribution in [2.75, 3.05) is 18.4 Å². The summed E-state index contributed by atoms with van der Waals surface area (Å²) < 4.78 is 0. The van der Waals surface area contributed by atoms with Crippen LogP contribution in [0.5, 0.6) is 0 Å². The molecule has 0 saturated heterocycles. The van der Waals surface area contributed by atoms with Gasteiger partial charge in [0.05, 0.1) is 12.6 Å². The van der Waals surface area contributed by atoms with Crippen molar-refractivity contribution in [1.29, 1.82) is 0 Å². The maximum atomic E-state index is 11.9.